The Morgan fingerprint density at radius 2 is 2.19 bits per heavy atom. The molecule has 21 heavy (non-hydrogen) atoms. The number of rotatable bonds is 4. The van der Waals surface area contributed by atoms with Crippen molar-refractivity contribution in [1.82, 2.24) is 4.90 Å². The van der Waals surface area contributed by atoms with Crippen molar-refractivity contribution in [3.8, 4) is 6.07 Å². The highest BCUT2D eigenvalue weighted by Gasteiger charge is 2.39. The fourth-order valence-corrected chi connectivity index (χ4v) is 4.28. The number of hydrogen-bond donors (Lipinski definition) is 2. The normalized spacial score (nSPS) is 28.3. The van der Waals surface area contributed by atoms with Crippen LogP contribution in [-0.2, 0) is 4.79 Å². The van der Waals surface area contributed by atoms with E-state index in [1.165, 1.54) is 11.3 Å². The van der Waals surface area contributed by atoms with Gasteiger partial charge in [-0.05, 0) is 37.1 Å². The van der Waals surface area contributed by atoms with Gasteiger partial charge in [-0.1, -0.05) is 0 Å². The fourth-order valence-electron chi connectivity index (χ4n) is 3.52. The summed E-state index contributed by atoms with van der Waals surface area (Å²) in [6.45, 7) is 0.737. The van der Waals surface area contributed by atoms with Crippen LogP contribution >= 0.6 is 11.3 Å². The SMILES string of the molecule is N#Cc1ccsc1NC(=O)CCN1C2CCC1CC(O)C2. The van der Waals surface area contributed by atoms with E-state index in [2.05, 4.69) is 16.3 Å². The van der Waals surface area contributed by atoms with E-state index in [9.17, 15) is 9.90 Å². The maximum atomic E-state index is 12.0. The molecule has 0 aliphatic carbocycles. The number of aliphatic hydroxyl groups is 1. The van der Waals surface area contributed by atoms with Gasteiger partial charge < -0.3 is 10.4 Å². The average molecular weight is 305 g/mol. The molecule has 0 spiro atoms. The summed E-state index contributed by atoms with van der Waals surface area (Å²) in [5.74, 6) is -0.0422. The molecule has 3 rings (SSSR count). The number of fused-ring (bicyclic) bond motifs is 2. The van der Waals surface area contributed by atoms with Crippen molar-refractivity contribution < 1.29 is 9.90 Å². The Balaban J connectivity index is 1.52. The van der Waals surface area contributed by atoms with Crippen LogP contribution in [0, 0.1) is 11.3 Å². The highest BCUT2D eigenvalue weighted by atomic mass is 32.1. The Morgan fingerprint density at radius 3 is 2.86 bits per heavy atom. The lowest BCUT2D eigenvalue weighted by Gasteiger charge is -2.36. The van der Waals surface area contributed by atoms with Crippen LogP contribution in [0.1, 0.15) is 37.7 Å². The summed E-state index contributed by atoms with van der Waals surface area (Å²) in [4.78, 5) is 14.4. The van der Waals surface area contributed by atoms with Crippen LogP contribution in [0.25, 0.3) is 0 Å². The van der Waals surface area contributed by atoms with Crippen molar-refractivity contribution in [2.24, 2.45) is 0 Å². The number of anilines is 1. The highest BCUT2D eigenvalue weighted by Crippen LogP contribution is 2.35. The first-order chi connectivity index (χ1) is 10.2. The Hall–Kier alpha value is -1.42. The zero-order chi connectivity index (χ0) is 14.8. The molecule has 1 aromatic rings. The molecule has 2 fully saturated rings. The van der Waals surface area contributed by atoms with Crippen LogP contribution < -0.4 is 5.32 Å². The molecule has 0 radical (unpaired) electrons. The number of nitrogens with one attached hydrogen (secondary N) is 1. The van der Waals surface area contributed by atoms with E-state index in [0.717, 1.165) is 32.2 Å². The lowest BCUT2D eigenvalue weighted by Crippen LogP contribution is -2.45. The van der Waals surface area contributed by atoms with E-state index >= 15 is 0 Å². The van der Waals surface area contributed by atoms with Crippen molar-refractivity contribution in [1.29, 1.82) is 5.26 Å². The van der Waals surface area contributed by atoms with Gasteiger partial charge in [0.1, 0.15) is 11.1 Å². The third kappa shape index (κ3) is 3.10. The smallest absolute Gasteiger partial charge is 0.226 e. The van der Waals surface area contributed by atoms with Gasteiger partial charge in [0, 0.05) is 25.0 Å². The molecule has 2 bridgehead atoms. The molecule has 0 saturated carbocycles. The molecule has 2 aliphatic heterocycles. The Bertz CT molecular complexity index is 552. The highest BCUT2D eigenvalue weighted by molar-refractivity contribution is 7.14. The molecule has 6 heteroatoms. The predicted molar refractivity (Wildman–Crippen MR) is 81.0 cm³/mol. The van der Waals surface area contributed by atoms with Gasteiger partial charge in [-0.3, -0.25) is 9.69 Å². The van der Waals surface area contributed by atoms with Crippen LogP contribution in [0.4, 0.5) is 5.00 Å². The number of carbonyl (C=O) groups is 1. The molecule has 2 saturated heterocycles. The summed E-state index contributed by atoms with van der Waals surface area (Å²) < 4.78 is 0. The van der Waals surface area contributed by atoms with E-state index in [4.69, 9.17) is 5.26 Å². The molecular weight excluding hydrogens is 286 g/mol. The quantitative estimate of drug-likeness (QED) is 0.891. The first-order valence-corrected chi connectivity index (χ1v) is 8.26. The summed E-state index contributed by atoms with van der Waals surface area (Å²) >= 11 is 1.38. The molecule has 2 unspecified atom stereocenters. The summed E-state index contributed by atoms with van der Waals surface area (Å²) in [6, 6.07) is 4.65. The maximum Gasteiger partial charge on any atom is 0.226 e. The van der Waals surface area contributed by atoms with Gasteiger partial charge in [0.25, 0.3) is 0 Å². The fraction of sp³-hybridized carbons (Fsp3) is 0.600. The third-order valence-corrected chi connectivity index (χ3v) is 5.32. The Kier molecular flexibility index (Phi) is 4.24. The van der Waals surface area contributed by atoms with Crippen LogP contribution in [-0.4, -0.2) is 40.6 Å². The monoisotopic (exact) mass is 305 g/mol. The van der Waals surface area contributed by atoms with Crippen LogP contribution in [0.3, 0.4) is 0 Å². The number of amides is 1. The van der Waals surface area contributed by atoms with E-state index in [1.54, 1.807) is 11.4 Å². The number of carbonyl (C=O) groups excluding carboxylic acids is 1. The summed E-state index contributed by atoms with van der Waals surface area (Å²) in [5.41, 5.74) is 0.523. The summed E-state index contributed by atoms with van der Waals surface area (Å²) in [5, 5.41) is 24.0. The molecule has 112 valence electrons. The van der Waals surface area contributed by atoms with E-state index in [1.807, 2.05) is 0 Å². The summed E-state index contributed by atoms with van der Waals surface area (Å²) in [6.07, 6.45) is 4.20. The Morgan fingerprint density at radius 1 is 1.48 bits per heavy atom. The van der Waals surface area contributed by atoms with E-state index < -0.39 is 0 Å². The molecule has 0 aromatic carbocycles. The predicted octanol–water partition coefficient (Wildman–Crippen LogP) is 1.94. The van der Waals surface area contributed by atoms with Crippen molar-refractivity contribution in [3.05, 3.63) is 17.0 Å². The van der Waals surface area contributed by atoms with Gasteiger partial charge in [0.15, 0.2) is 0 Å². The van der Waals surface area contributed by atoms with E-state index in [0.29, 0.717) is 29.1 Å². The largest absolute Gasteiger partial charge is 0.393 e. The third-order valence-electron chi connectivity index (χ3n) is 4.50. The lowest BCUT2D eigenvalue weighted by molar-refractivity contribution is -0.116. The topological polar surface area (TPSA) is 76.4 Å². The minimum atomic E-state index is -0.170. The van der Waals surface area contributed by atoms with Crippen molar-refractivity contribution in [2.45, 2.75) is 50.3 Å². The second kappa shape index (κ2) is 6.14. The summed E-state index contributed by atoms with van der Waals surface area (Å²) in [7, 11) is 0. The Labute approximate surface area is 128 Å². The van der Waals surface area contributed by atoms with Crippen LogP contribution in [0.2, 0.25) is 0 Å². The zero-order valence-electron chi connectivity index (χ0n) is 11.8. The lowest BCUT2D eigenvalue weighted by atomic mass is 10.00. The number of hydrogen-bond acceptors (Lipinski definition) is 5. The first kappa shape index (κ1) is 14.5. The van der Waals surface area contributed by atoms with Gasteiger partial charge in [0.2, 0.25) is 5.91 Å². The second-order valence-electron chi connectivity index (χ2n) is 5.82. The number of nitrogens with zero attached hydrogens (tertiary/aromatic N) is 2. The molecular formula is C15H19N3O2S. The zero-order valence-corrected chi connectivity index (χ0v) is 12.6. The molecule has 1 aromatic heterocycles. The van der Waals surface area contributed by atoms with Crippen molar-refractivity contribution in [3.63, 3.8) is 0 Å². The minimum Gasteiger partial charge on any atom is -0.393 e. The molecule has 1 amide bonds. The van der Waals surface area contributed by atoms with Gasteiger partial charge in [-0.15, -0.1) is 11.3 Å². The molecule has 2 atom stereocenters. The van der Waals surface area contributed by atoms with Gasteiger partial charge in [-0.2, -0.15) is 5.26 Å². The average Bonchev–Trinajstić information content (AvgIpc) is 2.99. The van der Waals surface area contributed by atoms with Gasteiger partial charge in [0.05, 0.1) is 11.7 Å². The van der Waals surface area contributed by atoms with E-state index in [-0.39, 0.29) is 12.0 Å². The van der Waals surface area contributed by atoms with Crippen LogP contribution in [0.5, 0.6) is 0 Å². The number of nitriles is 1. The van der Waals surface area contributed by atoms with Crippen molar-refractivity contribution in [2.75, 3.05) is 11.9 Å². The maximum absolute atomic E-state index is 12.0. The second-order valence-corrected chi connectivity index (χ2v) is 6.74. The molecule has 2 aliphatic rings. The number of thiophene rings is 1. The minimum absolute atomic E-state index is 0.0422. The van der Waals surface area contributed by atoms with Crippen LogP contribution in [0.15, 0.2) is 11.4 Å². The molecule has 2 N–H and O–H groups in total. The molecule has 3 heterocycles. The molecule has 5 nitrogen and oxygen atoms in total. The first-order valence-electron chi connectivity index (χ1n) is 7.38. The standard InChI is InChI=1S/C15H19N3O2S/c16-9-10-4-6-21-15(10)17-14(20)3-5-18-11-1-2-12(18)8-13(19)7-11/h4,6,11-13,19H,1-3,5,7-8H2,(H,17,20). The van der Waals surface area contributed by atoms with Gasteiger partial charge in [-0.25, -0.2) is 0 Å². The van der Waals surface area contributed by atoms with Crippen molar-refractivity contribution >= 4 is 22.2 Å². The van der Waals surface area contributed by atoms with Gasteiger partial charge >= 0.3 is 0 Å². The number of aliphatic hydroxyl groups excluding tert-OH is 1. The number of piperidine rings is 1.